The van der Waals surface area contributed by atoms with Gasteiger partial charge in [-0.15, -0.1) is 0 Å². The summed E-state index contributed by atoms with van der Waals surface area (Å²) >= 11 is 4.19. The highest BCUT2D eigenvalue weighted by Gasteiger charge is 2.29. The van der Waals surface area contributed by atoms with Crippen LogP contribution in [0.4, 0.5) is 4.79 Å². The van der Waals surface area contributed by atoms with Crippen LogP contribution in [0.1, 0.15) is 37.8 Å². The van der Waals surface area contributed by atoms with Crippen LogP contribution in [-0.4, -0.2) is 55.2 Å². The molecule has 0 unspecified atom stereocenters. The van der Waals surface area contributed by atoms with Gasteiger partial charge in [-0.05, 0) is 47.8 Å². The minimum atomic E-state index is -1.01. The number of hydrogen-bond acceptors (Lipinski definition) is 7. The van der Waals surface area contributed by atoms with Crippen molar-refractivity contribution < 1.29 is 28.7 Å². The second kappa shape index (κ2) is 17.1. The zero-order valence-electron chi connectivity index (χ0n) is 21.9. The first-order chi connectivity index (χ1) is 18.3. The molecular formula is C28H37N3O6S. The first kappa shape index (κ1) is 30.7. The molecule has 0 aliphatic carbocycles. The maximum atomic E-state index is 13.3. The molecule has 0 aromatic heterocycles. The van der Waals surface area contributed by atoms with Crippen LogP contribution in [0.2, 0.25) is 0 Å². The smallest absolute Gasteiger partial charge is 0.408 e. The molecule has 3 amide bonds. The average molecular weight is 544 g/mol. The lowest BCUT2D eigenvalue weighted by Gasteiger charge is -2.25. The number of amides is 3. The predicted octanol–water partition coefficient (Wildman–Crippen LogP) is 3.07. The van der Waals surface area contributed by atoms with Crippen LogP contribution in [0, 0.1) is 5.92 Å². The molecule has 0 spiro atoms. The molecule has 2 rings (SSSR count). The summed E-state index contributed by atoms with van der Waals surface area (Å²) in [5, 5.41) is 7.80. The predicted molar refractivity (Wildman–Crippen MR) is 148 cm³/mol. The van der Waals surface area contributed by atoms with Crippen LogP contribution in [0.5, 0.6) is 5.75 Å². The molecular weight excluding hydrogens is 506 g/mol. The Morgan fingerprint density at radius 3 is 2.26 bits per heavy atom. The van der Waals surface area contributed by atoms with Gasteiger partial charge in [0.25, 0.3) is 0 Å². The molecule has 0 aliphatic rings. The Kier molecular flexibility index (Phi) is 13.8. The number of aldehydes is 1. The summed E-state index contributed by atoms with van der Waals surface area (Å²) in [5.41, 5.74) is 1.59. The van der Waals surface area contributed by atoms with Crippen molar-refractivity contribution in [3.05, 3.63) is 65.7 Å². The number of carbonyl (C=O) groups is 4. The molecule has 3 N–H and O–H groups in total. The maximum absolute atomic E-state index is 13.3. The van der Waals surface area contributed by atoms with Gasteiger partial charge in [0.1, 0.15) is 30.7 Å². The Balaban J connectivity index is 2.10. The molecule has 0 saturated carbocycles. The van der Waals surface area contributed by atoms with E-state index in [0.29, 0.717) is 18.6 Å². The fourth-order valence-electron chi connectivity index (χ4n) is 3.52. The van der Waals surface area contributed by atoms with E-state index in [-0.39, 0.29) is 25.5 Å². The lowest BCUT2D eigenvalue weighted by atomic mass is 10.0. The van der Waals surface area contributed by atoms with Gasteiger partial charge in [-0.25, -0.2) is 4.79 Å². The average Bonchev–Trinajstić information content (AvgIpc) is 2.92. The van der Waals surface area contributed by atoms with Crippen LogP contribution >= 0.6 is 12.6 Å². The highest BCUT2D eigenvalue weighted by Crippen LogP contribution is 2.15. The van der Waals surface area contributed by atoms with Crippen molar-refractivity contribution in [1.82, 2.24) is 16.0 Å². The summed E-state index contributed by atoms with van der Waals surface area (Å²) in [7, 11) is 0. The minimum Gasteiger partial charge on any atom is -0.494 e. The van der Waals surface area contributed by atoms with Crippen LogP contribution in [0.25, 0.3) is 0 Å². The van der Waals surface area contributed by atoms with E-state index in [0.717, 1.165) is 29.7 Å². The van der Waals surface area contributed by atoms with Gasteiger partial charge in [0.05, 0.1) is 13.2 Å². The quantitative estimate of drug-likeness (QED) is 0.147. The number of hydrogen-bond donors (Lipinski definition) is 4. The zero-order chi connectivity index (χ0) is 27.8. The van der Waals surface area contributed by atoms with Crippen molar-refractivity contribution in [3.8, 4) is 5.75 Å². The molecule has 0 saturated heterocycles. The second-order valence-corrected chi connectivity index (χ2v) is 9.48. The lowest BCUT2D eigenvalue weighted by Crippen LogP contribution is -2.56. The number of alkyl carbamates (subject to hydrolysis) is 1. The van der Waals surface area contributed by atoms with E-state index in [4.69, 9.17) is 9.47 Å². The molecule has 0 bridgehead atoms. The molecule has 10 heteroatoms. The Bertz CT molecular complexity index is 1020. The van der Waals surface area contributed by atoms with Gasteiger partial charge >= 0.3 is 6.09 Å². The van der Waals surface area contributed by atoms with Gasteiger partial charge in [0.2, 0.25) is 11.8 Å². The van der Waals surface area contributed by atoms with E-state index in [9.17, 15) is 19.2 Å². The zero-order valence-corrected chi connectivity index (χ0v) is 22.7. The third kappa shape index (κ3) is 11.2. The summed E-state index contributed by atoms with van der Waals surface area (Å²) in [6.07, 6.45) is 1.84. The van der Waals surface area contributed by atoms with Crippen molar-refractivity contribution in [2.24, 2.45) is 5.92 Å². The van der Waals surface area contributed by atoms with Crippen molar-refractivity contribution in [2.45, 2.75) is 51.8 Å². The third-order valence-corrected chi connectivity index (χ3v) is 5.93. The highest BCUT2D eigenvalue weighted by molar-refractivity contribution is 7.80. The first-order valence-electron chi connectivity index (χ1n) is 12.7. The van der Waals surface area contributed by atoms with E-state index in [1.807, 2.05) is 54.6 Å². The molecule has 9 nitrogen and oxygen atoms in total. The molecule has 0 heterocycles. The Labute approximate surface area is 229 Å². The SMILES string of the molecule is CC(C)[C@H](NC(=O)[C@H](Cc1ccc(OCCCCS)cc1)NC(=O)OCc1ccccc1)C(=O)NCC=O. The van der Waals surface area contributed by atoms with Crippen LogP contribution in [0.3, 0.4) is 0 Å². The van der Waals surface area contributed by atoms with Crippen molar-refractivity contribution in [3.63, 3.8) is 0 Å². The lowest BCUT2D eigenvalue weighted by molar-refractivity contribution is -0.131. The number of carbonyl (C=O) groups excluding carboxylic acids is 4. The van der Waals surface area contributed by atoms with Gasteiger partial charge in [0, 0.05) is 6.42 Å². The summed E-state index contributed by atoms with van der Waals surface area (Å²) in [4.78, 5) is 49.0. The Morgan fingerprint density at radius 2 is 1.63 bits per heavy atom. The number of unbranched alkanes of at least 4 members (excludes halogenated alkanes) is 1. The Morgan fingerprint density at radius 1 is 0.921 bits per heavy atom. The number of rotatable bonds is 16. The van der Waals surface area contributed by atoms with Crippen LogP contribution < -0.4 is 20.7 Å². The van der Waals surface area contributed by atoms with E-state index in [1.165, 1.54) is 0 Å². The number of nitrogens with one attached hydrogen (secondary N) is 3. The first-order valence-corrected chi connectivity index (χ1v) is 13.3. The number of thiol groups is 1. The molecule has 2 aromatic rings. The summed E-state index contributed by atoms with van der Waals surface area (Å²) < 4.78 is 11.0. The van der Waals surface area contributed by atoms with Gasteiger partial charge in [0.15, 0.2) is 0 Å². The van der Waals surface area contributed by atoms with E-state index >= 15 is 0 Å². The largest absolute Gasteiger partial charge is 0.494 e. The van der Waals surface area contributed by atoms with Crippen molar-refractivity contribution >= 4 is 36.8 Å². The second-order valence-electron chi connectivity index (χ2n) is 9.03. The normalized spacial score (nSPS) is 12.2. The molecule has 0 radical (unpaired) electrons. The van der Waals surface area contributed by atoms with Gasteiger partial charge in [-0.2, -0.15) is 12.6 Å². The fourth-order valence-corrected chi connectivity index (χ4v) is 3.74. The van der Waals surface area contributed by atoms with E-state index < -0.39 is 30.0 Å². The molecule has 2 aromatic carbocycles. The standard InChI is InChI=1S/C28H37N3O6S/c1-20(2)25(27(34)29-14-15-32)31-26(33)24(30-28(35)37-19-22-8-4-3-5-9-22)18-21-10-12-23(13-11-21)36-16-6-7-17-38/h3-5,8-13,15,20,24-25,38H,6-7,14,16-19H2,1-2H3,(H,29,34)(H,30,35)(H,31,33)/t24-,25-/m0/s1. The van der Waals surface area contributed by atoms with Crippen molar-refractivity contribution in [2.75, 3.05) is 18.9 Å². The number of benzene rings is 2. The van der Waals surface area contributed by atoms with E-state index in [2.05, 4.69) is 28.6 Å². The van der Waals surface area contributed by atoms with E-state index in [1.54, 1.807) is 13.8 Å². The molecule has 0 aliphatic heterocycles. The third-order valence-electron chi connectivity index (χ3n) is 5.61. The van der Waals surface area contributed by atoms with Crippen molar-refractivity contribution in [1.29, 1.82) is 0 Å². The monoisotopic (exact) mass is 543 g/mol. The highest BCUT2D eigenvalue weighted by atomic mass is 32.1. The fraction of sp³-hybridized carbons (Fsp3) is 0.429. The summed E-state index contributed by atoms with van der Waals surface area (Å²) in [5.74, 6) is 0.230. The topological polar surface area (TPSA) is 123 Å². The molecule has 2 atom stereocenters. The van der Waals surface area contributed by atoms with Crippen LogP contribution in [0.15, 0.2) is 54.6 Å². The maximum Gasteiger partial charge on any atom is 0.408 e. The molecule has 0 fully saturated rings. The summed E-state index contributed by atoms with van der Waals surface area (Å²) in [6, 6.07) is 14.5. The molecule has 206 valence electrons. The Hall–Kier alpha value is -3.53. The van der Waals surface area contributed by atoms with Gasteiger partial charge in [-0.3, -0.25) is 9.59 Å². The minimum absolute atomic E-state index is 0.0446. The van der Waals surface area contributed by atoms with Crippen LogP contribution in [-0.2, 0) is 32.1 Å². The number of ether oxygens (including phenoxy) is 2. The summed E-state index contributed by atoms with van der Waals surface area (Å²) in [6.45, 7) is 4.02. The molecule has 38 heavy (non-hydrogen) atoms. The van der Waals surface area contributed by atoms with Gasteiger partial charge in [-0.1, -0.05) is 56.3 Å². The van der Waals surface area contributed by atoms with Gasteiger partial charge < -0.3 is 30.2 Å².